The molecule has 0 fully saturated rings. The summed E-state index contributed by atoms with van der Waals surface area (Å²) >= 11 is 5.82. The Kier molecular flexibility index (Phi) is 1.90. The largest absolute Gasteiger partial charge is 0.383 e. The highest BCUT2D eigenvalue weighted by atomic mass is 35.5. The third kappa shape index (κ3) is 1.36. The molecule has 0 saturated carbocycles. The maximum Gasteiger partial charge on any atom is 0.158 e. The number of nitrogen functional groups attached to an aromatic ring is 1. The summed E-state index contributed by atoms with van der Waals surface area (Å²) in [6.45, 7) is 0. The van der Waals surface area contributed by atoms with Crippen molar-refractivity contribution in [1.29, 1.82) is 0 Å². The average molecular weight is 195 g/mol. The van der Waals surface area contributed by atoms with Crippen LogP contribution in [0.2, 0.25) is 0 Å². The van der Waals surface area contributed by atoms with Crippen molar-refractivity contribution in [2.45, 2.75) is 0 Å². The fourth-order valence-electron chi connectivity index (χ4n) is 1.08. The molecule has 0 amide bonds. The van der Waals surface area contributed by atoms with Crippen molar-refractivity contribution in [1.82, 2.24) is 14.1 Å². The van der Waals surface area contributed by atoms with Gasteiger partial charge in [0.05, 0.1) is 5.56 Å². The molecule has 2 rings (SSSR count). The molecule has 2 N–H and O–H groups in total. The van der Waals surface area contributed by atoms with Crippen molar-refractivity contribution in [3.63, 3.8) is 0 Å². The van der Waals surface area contributed by atoms with Crippen molar-refractivity contribution in [2.24, 2.45) is 0 Å². The van der Waals surface area contributed by atoms with E-state index in [4.69, 9.17) is 17.5 Å². The van der Waals surface area contributed by atoms with Crippen LogP contribution in [0.4, 0.5) is 5.82 Å². The van der Waals surface area contributed by atoms with Crippen LogP contribution in [-0.2, 0) is 0 Å². The molecule has 13 heavy (non-hydrogen) atoms. The zero-order valence-electron chi connectivity index (χ0n) is 6.68. The highest BCUT2D eigenvalue weighted by molar-refractivity contribution is 6.16. The minimum absolute atomic E-state index is 0.426. The van der Waals surface area contributed by atoms with Gasteiger partial charge in [0.1, 0.15) is 5.82 Å². The predicted octanol–water partition coefficient (Wildman–Crippen LogP) is 1.53. The van der Waals surface area contributed by atoms with Gasteiger partial charge >= 0.3 is 0 Å². The Morgan fingerprint density at radius 1 is 1.31 bits per heavy atom. The zero-order chi connectivity index (χ0) is 9.26. The van der Waals surface area contributed by atoms with E-state index in [0.717, 1.165) is 5.56 Å². The Labute approximate surface area is 80.1 Å². The molecule has 0 unspecified atom stereocenters. The molecule has 0 radical (unpaired) electrons. The van der Waals surface area contributed by atoms with Gasteiger partial charge in [0.25, 0.3) is 0 Å². The maximum absolute atomic E-state index is 5.82. The van der Waals surface area contributed by atoms with E-state index in [1.807, 2.05) is 6.07 Å². The molecule has 0 atom stereocenters. The Morgan fingerprint density at radius 3 is 2.77 bits per heavy atom. The molecular formula is C8H7ClN4. The summed E-state index contributed by atoms with van der Waals surface area (Å²) in [7, 11) is 0. The van der Waals surface area contributed by atoms with Crippen molar-refractivity contribution in [3.8, 4) is 11.4 Å². The van der Waals surface area contributed by atoms with Gasteiger partial charge in [0.15, 0.2) is 5.82 Å². The van der Waals surface area contributed by atoms with Crippen molar-refractivity contribution >= 4 is 17.6 Å². The lowest BCUT2D eigenvalue weighted by Gasteiger charge is -2.01. The third-order valence-corrected chi connectivity index (χ3v) is 1.95. The Morgan fingerprint density at radius 2 is 2.15 bits per heavy atom. The molecule has 0 aliphatic heterocycles. The fraction of sp³-hybridized carbons (Fsp3) is 0. The molecule has 0 bridgehead atoms. The number of hydrogen-bond acceptors (Lipinski definition) is 3. The van der Waals surface area contributed by atoms with Gasteiger partial charge in [0, 0.05) is 30.4 Å². The summed E-state index contributed by atoms with van der Waals surface area (Å²) in [6.07, 6.45) is 4.87. The Hall–Kier alpha value is -1.55. The van der Waals surface area contributed by atoms with Gasteiger partial charge in [0.2, 0.25) is 0 Å². The van der Waals surface area contributed by atoms with Crippen LogP contribution in [0.25, 0.3) is 11.4 Å². The number of hydrogen-bond donors (Lipinski definition) is 1. The first-order valence-corrected chi connectivity index (χ1v) is 4.03. The van der Waals surface area contributed by atoms with E-state index >= 15 is 0 Å². The normalized spacial score (nSPS) is 10.2. The van der Waals surface area contributed by atoms with E-state index in [1.54, 1.807) is 24.7 Å². The van der Waals surface area contributed by atoms with Crippen molar-refractivity contribution in [3.05, 3.63) is 30.7 Å². The van der Waals surface area contributed by atoms with Crippen molar-refractivity contribution in [2.75, 3.05) is 5.73 Å². The predicted molar refractivity (Wildman–Crippen MR) is 51.1 cm³/mol. The molecule has 2 aromatic heterocycles. The van der Waals surface area contributed by atoms with Gasteiger partial charge < -0.3 is 5.73 Å². The zero-order valence-corrected chi connectivity index (χ0v) is 7.44. The summed E-state index contributed by atoms with van der Waals surface area (Å²) in [5.41, 5.74) is 6.40. The molecule has 2 aromatic rings. The molecule has 0 saturated heterocycles. The summed E-state index contributed by atoms with van der Waals surface area (Å²) in [5, 5.41) is 0. The summed E-state index contributed by atoms with van der Waals surface area (Å²) < 4.78 is 1.38. The van der Waals surface area contributed by atoms with E-state index in [2.05, 4.69) is 9.97 Å². The standard InChI is InChI=1S/C8H7ClN4/c9-13-5-4-12-8(13)6-2-1-3-11-7(6)10/h1-5H,(H2,10,11). The second kappa shape index (κ2) is 3.06. The van der Waals surface area contributed by atoms with Crippen LogP contribution >= 0.6 is 11.8 Å². The first-order chi connectivity index (χ1) is 6.29. The number of rotatable bonds is 1. The SMILES string of the molecule is Nc1ncccc1-c1nccn1Cl. The number of aromatic nitrogens is 3. The maximum atomic E-state index is 5.82. The van der Waals surface area contributed by atoms with Crippen LogP contribution in [0.15, 0.2) is 30.7 Å². The van der Waals surface area contributed by atoms with E-state index in [0.29, 0.717) is 11.6 Å². The second-order valence-electron chi connectivity index (χ2n) is 2.50. The van der Waals surface area contributed by atoms with Crippen LogP contribution in [0.5, 0.6) is 0 Å². The minimum Gasteiger partial charge on any atom is -0.383 e. The lowest BCUT2D eigenvalue weighted by molar-refractivity contribution is 1.20. The first-order valence-electron chi connectivity index (χ1n) is 3.69. The molecule has 0 aromatic carbocycles. The van der Waals surface area contributed by atoms with Gasteiger partial charge in [-0.2, -0.15) is 0 Å². The summed E-state index contributed by atoms with van der Waals surface area (Å²) in [4.78, 5) is 8.00. The molecule has 4 nitrogen and oxygen atoms in total. The van der Waals surface area contributed by atoms with E-state index in [9.17, 15) is 0 Å². The van der Waals surface area contributed by atoms with E-state index in [-0.39, 0.29) is 0 Å². The lowest BCUT2D eigenvalue weighted by atomic mass is 10.2. The van der Waals surface area contributed by atoms with Gasteiger partial charge in [-0.05, 0) is 12.1 Å². The quantitative estimate of drug-likeness (QED) is 0.749. The molecule has 0 aliphatic rings. The number of pyridine rings is 1. The third-order valence-electron chi connectivity index (χ3n) is 1.68. The van der Waals surface area contributed by atoms with Crippen LogP contribution in [0.1, 0.15) is 0 Å². The summed E-state index contributed by atoms with van der Waals surface area (Å²) in [5.74, 6) is 1.03. The number of halogens is 1. The minimum atomic E-state index is 0.426. The number of nitrogens with two attached hydrogens (primary N) is 1. The van der Waals surface area contributed by atoms with Gasteiger partial charge in [-0.15, -0.1) is 0 Å². The number of imidazole rings is 1. The average Bonchev–Trinajstić information content (AvgIpc) is 2.52. The number of nitrogens with zero attached hydrogens (tertiary/aromatic N) is 3. The van der Waals surface area contributed by atoms with Gasteiger partial charge in [-0.25, -0.2) is 14.1 Å². The fourth-order valence-corrected chi connectivity index (χ4v) is 1.26. The molecule has 0 aliphatic carbocycles. The Bertz CT molecular complexity index is 424. The molecule has 66 valence electrons. The van der Waals surface area contributed by atoms with Gasteiger partial charge in [-0.3, -0.25) is 0 Å². The van der Waals surface area contributed by atoms with Crippen LogP contribution < -0.4 is 5.73 Å². The smallest absolute Gasteiger partial charge is 0.158 e. The Balaban J connectivity index is 2.59. The second-order valence-corrected chi connectivity index (χ2v) is 2.86. The number of anilines is 1. The summed E-state index contributed by atoms with van der Waals surface area (Å²) in [6, 6.07) is 3.61. The highest BCUT2D eigenvalue weighted by Gasteiger charge is 2.07. The van der Waals surface area contributed by atoms with E-state index in [1.165, 1.54) is 4.09 Å². The monoisotopic (exact) mass is 194 g/mol. The molecule has 2 heterocycles. The molecule has 5 heteroatoms. The van der Waals surface area contributed by atoms with Crippen LogP contribution in [-0.4, -0.2) is 14.1 Å². The van der Waals surface area contributed by atoms with Crippen molar-refractivity contribution < 1.29 is 0 Å². The van der Waals surface area contributed by atoms with Crippen LogP contribution in [0, 0.1) is 0 Å². The molecule has 0 spiro atoms. The van der Waals surface area contributed by atoms with E-state index < -0.39 is 0 Å². The van der Waals surface area contributed by atoms with Crippen LogP contribution in [0.3, 0.4) is 0 Å². The lowest BCUT2D eigenvalue weighted by Crippen LogP contribution is -1.95. The first kappa shape index (κ1) is 8.07. The topological polar surface area (TPSA) is 56.7 Å². The van der Waals surface area contributed by atoms with Gasteiger partial charge in [-0.1, -0.05) is 0 Å². The highest BCUT2D eigenvalue weighted by Crippen LogP contribution is 2.22. The molecular weight excluding hydrogens is 188 g/mol.